The maximum atomic E-state index is 17.2. The second-order valence-electron chi connectivity index (χ2n) is 19.7. The van der Waals surface area contributed by atoms with Crippen LogP contribution in [0.5, 0.6) is 11.6 Å². The van der Waals surface area contributed by atoms with Crippen molar-refractivity contribution >= 4 is 41.6 Å². The van der Waals surface area contributed by atoms with Crippen molar-refractivity contribution in [2.75, 3.05) is 20.6 Å². The molecular weight excluding hydrogens is 858 g/mol. The topological polar surface area (TPSA) is 123 Å². The fraction of sp³-hybridized carbons (Fsp3) is 0.479. The number of hydrogen-bond acceptors (Lipinski definition) is 10. The summed E-state index contributed by atoms with van der Waals surface area (Å²) in [5.41, 5.74) is 0.546. The van der Waals surface area contributed by atoms with E-state index >= 15 is 14.0 Å². The maximum Gasteiger partial charge on any atom is 0.265 e. The van der Waals surface area contributed by atoms with Crippen LogP contribution in [0, 0.1) is 23.1 Å². The minimum atomic E-state index is -2.97. The number of fused-ring (bicyclic) bond motifs is 4. The molecule has 2 N–H and O–H groups in total. The maximum absolute atomic E-state index is 17.2. The zero-order valence-electron chi connectivity index (χ0n) is 37.0. The summed E-state index contributed by atoms with van der Waals surface area (Å²) in [5, 5.41) is 19.9. The van der Waals surface area contributed by atoms with E-state index in [0.717, 1.165) is 17.5 Å². The molecule has 61 heavy (non-hydrogen) atoms. The van der Waals surface area contributed by atoms with Crippen molar-refractivity contribution in [2.24, 2.45) is 17.3 Å². The first-order valence-electron chi connectivity index (χ1n) is 21.1. The lowest BCUT2D eigenvalue weighted by Gasteiger charge is -2.55. The number of halogens is 2. The number of aliphatic hydroxyl groups excluding tert-OH is 1. The van der Waals surface area contributed by atoms with Gasteiger partial charge in [-0.25, -0.2) is 4.39 Å². The Balaban J connectivity index is 1.40. The van der Waals surface area contributed by atoms with Gasteiger partial charge in [-0.1, -0.05) is 102 Å². The Hall–Kier alpha value is -4.14. The van der Waals surface area contributed by atoms with Crippen molar-refractivity contribution in [3.05, 3.63) is 116 Å². The zero-order valence-corrected chi connectivity index (χ0v) is 39.6. The molecule has 1 aromatic heterocycles. The van der Waals surface area contributed by atoms with E-state index in [4.69, 9.17) is 18.4 Å². The van der Waals surface area contributed by atoms with E-state index in [2.05, 4.69) is 67.9 Å². The van der Waals surface area contributed by atoms with Gasteiger partial charge in [-0.05, 0) is 102 Å². The molecule has 7 rings (SSSR count). The lowest BCUT2D eigenvalue weighted by atomic mass is 9.57. The average Bonchev–Trinajstić information content (AvgIpc) is 3.61. The molecule has 0 aliphatic heterocycles. The molecule has 4 atom stereocenters. The van der Waals surface area contributed by atoms with E-state index in [1.54, 1.807) is 0 Å². The highest BCUT2D eigenvalue weighted by Crippen LogP contribution is 2.59. The minimum Gasteiger partial charge on any atom is -0.507 e. The second kappa shape index (κ2) is 16.9. The molecule has 1 fully saturated rings. The van der Waals surface area contributed by atoms with Crippen molar-refractivity contribution < 1.29 is 37.5 Å². The lowest BCUT2D eigenvalue weighted by molar-refractivity contribution is -0.140. The monoisotopic (exact) mass is 915 g/mol. The van der Waals surface area contributed by atoms with Gasteiger partial charge in [-0.15, -0.1) is 0 Å². The number of Topliss-reactive ketones (excluding diaryl/α,β-unsaturated/α-hetero) is 2. The third-order valence-electron chi connectivity index (χ3n) is 13.0. The number of ketones is 2. The number of nitrogens with zero attached hydrogens (tertiary/aromatic N) is 2. The molecule has 1 saturated carbocycles. The molecule has 0 bridgehead atoms. The fourth-order valence-electron chi connectivity index (χ4n) is 8.76. The highest BCUT2D eigenvalue weighted by atomic mass is 79.9. The first-order valence-corrected chi connectivity index (χ1v) is 24.8. The van der Waals surface area contributed by atoms with Gasteiger partial charge in [0.2, 0.25) is 11.6 Å². The van der Waals surface area contributed by atoms with E-state index < -0.39 is 60.0 Å². The average molecular weight is 917 g/mol. The Kier molecular flexibility index (Phi) is 12.4. The Morgan fingerprint density at radius 1 is 0.951 bits per heavy atom. The molecule has 13 heteroatoms. The second-order valence-corrected chi connectivity index (χ2v) is 25.2. The van der Waals surface area contributed by atoms with Gasteiger partial charge in [0.1, 0.15) is 36.1 Å². The number of carbonyl (C=O) groups is 2. The molecular formula is C48H59BrFN3O7Si. The molecule has 0 saturated heterocycles. The van der Waals surface area contributed by atoms with Crippen molar-refractivity contribution in [1.29, 1.82) is 0 Å². The summed E-state index contributed by atoms with van der Waals surface area (Å²) in [6, 6.07) is 18.4. The minimum absolute atomic E-state index is 0.0271. The van der Waals surface area contributed by atoms with Crippen molar-refractivity contribution in [3.8, 4) is 11.6 Å². The largest absolute Gasteiger partial charge is 0.507 e. The summed E-state index contributed by atoms with van der Waals surface area (Å²) < 4.78 is 43.6. The molecule has 3 aromatic carbocycles. The van der Waals surface area contributed by atoms with Gasteiger partial charge < -0.3 is 28.8 Å². The quantitative estimate of drug-likeness (QED) is 0.0761. The Morgan fingerprint density at radius 2 is 1.56 bits per heavy atom. The van der Waals surface area contributed by atoms with Gasteiger partial charge in [0.05, 0.1) is 16.1 Å². The summed E-state index contributed by atoms with van der Waals surface area (Å²) in [7, 11) is 0.763. The van der Waals surface area contributed by atoms with Crippen LogP contribution in [0.15, 0.2) is 75.2 Å². The highest BCUT2D eigenvalue weighted by molar-refractivity contribution is 9.10. The van der Waals surface area contributed by atoms with Gasteiger partial charge in [0.25, 0.3) is 5.88 Å². The van der Waals surface area contributed by atoms with E-state index in [9.17, 15) is 5.11 Å². The summed E-state index contributed by atoms with van der Waals surface area (Å²) in [4.78, 5) is 33.4. The van der Waals surface area contributed by atoms with Gasteiger partial charge >= 0.3 is 0 Å². The Morgan fingerprint density at radius 3 is 2.13 bits per heavy atom. The summed E-state index contributed by atoms with van der Waals surface area (Å²) in [6.45, 7) is 17.8. The number of aliphatic hydroxyl groups is 1. The van der Waals surface area contributed by atoms with E-state index in [1.165, 1.54) is 0 Å². The van der Waals surface area contributed by atoms with Gasteiger partial charge in [0, 0.05) is 29.2 Å². The van der Waals surface area contributed by atoms with Crippen LogP contribution in [0.1, 0.15) is 104 Å². The molecule has 1 heterocycles. The van der Waals surface area contributed by atoms with E-state index in [-0.39, 0.29) is 77.7 Å². The van der Waals surface area contributed by atoms with Crippen LogP contribution in [0.3, 0.4) is 0 Å². The number of rotatable bonds is 13. The number of nitrogens with one attached hydrogen (secondary N) is 1. The van der Waals surface area contributed by atoms with Crippen molar-refractivity contribution in [2.45, 2.75) is 110 Å². The Labute approximate surface area is 368 Å². The third-order valence-corrected chi connectivity index (χ3v) is 18.3. The number of carbonyl (C=O) groups excluding carboxylic acids is 2. The first-order chi connectivity index (χ1) is 28.7. The summed E-state index contributed by atoms with van der Waals surface area (Å²) in [6.07, 6.45) is 1.18. The van der Waals surface area contributed by atoms with Crippen molar-refractivity contribution in [3.63, 3.8) is 0 Å². The third kappa shape index (κ3) is 8.28. The predicted molar refractivity (Wildman–Crippen MR) is 240 cm³/mol. The summed E-state index contributed by atoms with van der Waals surface area (Å²) in [5.74, 6) is -3.10. The predicted octanol–water partition coefficient (Wildman–Crippen LogP) is 10.6. The van der Waals surface area contributed by atoms with Gasteiger partial charge in [-0.3, -0.25) is 14.5 Å². The van der Waals surface area contributed by atoms with Crippen LogP contribution in [0.4, 0.5) is 4.39 Å². The molecule has 4 aromatic rings. The molecule has 0 radical (unpaired) electrons. The molecule has 326 valence electrons. The molecule has 0 spiro atoms. The summed E-state index contributed by atoms with van der Waals surface area (Å²) >= 11 is 3.69. The SMILES string of the molecule is CN(C)[C@@H]1c2onc(OCc3ccccc3)c2C(=O)[C@@]2(O[Si](C)(C)C(C)(C)C)C(=O)C3=C(O)c4c(c(F)c(CNCCC(C)(C)C)c(Br)c4OCc4ccccc4)C[C@H]3C[C@@H]12. The van der Waals surface area contributed by atoms with E-state index in [1.807, 2.05) is 92.8 Å². The van der Waals surface area contributed by atoms with Crippen LogP contribution in [-0.2, 0) is 35.4 Å². The van der Waals surface area contributed by atoms with Crippen LogP contribution < -0.4 is 14.8 Å². The van der Waals surface area contributed by atoms with Crippen LogP contribution >= 0.6 is 15.9 Å². The van der Waals surface area contributed by atoms with Gasteiger partial charge in [-0.2, -0.15) is 0 Å². The van der Waals surface area contributed by atoms with Crippen molar-refractivity contribution in [1.82, 2.24) is 15.4 Å². The molecule has 0 unspecified atom stereocenters. The molecule has 3 aliphatic carbocycles. The molecule has 0 amide bonds. The van der Waals surface area contributed by atoms with Gasteiger partial charge in [0.15, 0.2) is 19.7 Å². The van der Waals surface area contributed by atoms with Crippen LogP contribution in [-0.4, -0.2) is 61.3 Å². The fourth-order valence-corrected chi connectivity index (χ4v) is 10.8. The molecule has 3 aliphatic rings. The number of hydrogen-bond donors (Lipinski definition) is 2. The highest BCUT2D eigenvalue weighted by Gasteiger charge is 2.69. The smallest absolute Gasteiger partial charge is 0.265 e. The first kappa shape index (κ1) is 44.9. The van der Waals surface area contributed by atoms with Crippen LogP contribution in [0.2, 0.25) is 18.1 Å². The standard InChI is InChI=1S/C48H59BrFN3O7Si/c1-46(2,3)21-22-51-25-32-37(49)41(57-26-28-17-13-11-14-18-28)35-31(38(32)50)23-30-24-33-39(53(7)8)42-36(45(52-59-42)58-27-29-19-15-12-16-20-29)44(56)48(33,43(55)34(30)40(35)54)60-61(9,10)47(4,5)6/h11-20,30,33,39,51,54H,21-27H2,1-10H3/t30-,33-,39-,48-/m0/s1. The van der Waals surface area contributed by atoms with E-state index in [0.29, 0.717) is 16.6 Å². The van der Waals surface area contributed by atoms with Crippen LogP contribution in [0.25, 0.3) is 5.76 Å². The number of ether oxygens (including phenoxy) is 2. The number of benzene rings is 3. The Bertz CT molecular complexity index is 2330. The normalized spacial score (nSPS) is 21.6. The molecule has 10 nitrogen and oxygen atoms in total. The zero-order chi connectivity index (χ0) is 44.2. The number of aromatic nitrogens is 1. The lowest BCUT2D eigenvalue weighted by Crippen LogP contribution is -2.68.